The van der Waals surface area contributed by atoms with Crippen molar-refractivity contribution in [1.82, 2.24) is 5.32 Å². The number of rotatable bonds is 5. The number of alkyl halides is 1. The zero-order valence-electron chi connectivity index (χ0n) is 8.05. The van der Waals surface area contributed by atoms with E-state index in [9.17, 15) is 4.79 Å². The quantitative estimate of drug-likeness (QED) is 0.462. The van der Waals surface area contributed by atoms with Gasteiger partial charge < -0.3 is 10.4 Å². The fourth-order valence-corrected chi connectivity index (χ4v) is 2.86. The number of allylic oxidation sites excluding steroid dienone is 1. The van der Waals surface area contributed by atoms with Gasteiger partial charge in [-0.1, -0.05) is 31.5 Å². The van der Waals surface area contributed by atoms with Crippen LogP contribution in [0.2, 0.25) is 0 Å². The first-order valence-electron chi connectivity index (χ1n) is 4.66. The van der Waals surface area contributed by atoms with Crippen molar-refractivity contribution in [3.63, 3.8) is 0 Å². The number of carbonyl (C=O) groups is 1. The van der Waals surface area contributed by atoms with Gasteiger partial charge in [-0.3, -0.25) is 0 Å². The Morgan fingerprint density at radius 1 is 1.71 bits per heavy atom. The SMILES string of the molecule is CCCCCC1=CNC(Br)(C(=O)O)S1. The second kappa shape index (κ2) is 5.07. The van der Waals surface area contributed by atoms with Crippen LogP contribution in [0.3, 0.4) is 0 Å². The molecule has 0 aliphatic carbocycles. The topological polar surface area (TPSA) is 49.3 Å². The Morgan fingerprint density at radius 2 is 2.43 bits per heavy atom. The van der Waals surface area contributed by atoms with Crippen LogP contribution in [0.5, 0.6) is 0 Å². The van der Waals surface area contributed by atoms with Crippen molar-refractivity contribution < 1.29 is 9.90 Å². The van der Waals surface area contributed by atoms with Crippen LogP contribution in [0, 0.1) is 0 Å². The van der Waals surface area contributed by atoms with Gasteiger partial charge in [0.2, 0.25) is 3.78 Å². The third kappa shape index (κ3) is 2.92. The Labute approximate surface area is 96.5 Å². The smallest absolute Gasteiger partial charge is 0.351 e. The van der Waals surface area contributed by atoms with E-state index < -0.39 is 9.75 Å². The molecule has 0 amide bonds. The molecule has 14 heavy (non-hydrogen) atoms. The van der Waals surface area contributed by atoms with E-state index in [-0.39, 0.29) is 0 Å². The van der Waals surface area contributed by atoms with Crippen LogP contribution in [-0.2, 0) is 4.79 Å². The minimum atomic E-state index is -1.03. The molecule has 0 saturated heterocycles. The number of carboxylic acid groups (broad SMARTS) is 1. The largest absolute Gasteiger partial charge is 0.478 e. The summed E-state index contributed by atoms with van der Waals surface area (Å²) in [6.45, 7) is 2.15. The maximum atomic E-state index is 10.8. The van der Waals surface area contributed by atoms with E-state index in [0.29, 0.717) is 0 Å². The number of halogens is 1. The van der Waals surface area contributed by atoms with Crippen molar-refractivity contribution in [2.75, 3.05) is 0 Å². The van der Waals surface area contributed by atoms with E-state index in [1.165, 1.54) is 24.6 Å². The molecule has 0 spiro atoms. The van der Waals surface area contributed by atoms with Crippen LogP contribution in [0.1, 0.15) is 32.6 Å². The highest BCUT2D eigenvalue weighted by atomic mass is 79.9. The molecule has 0 aromatic carbocycles. The average Bonchev–Trinajstić information content (AvgIpc) is 2.50. The zero-order valence-corrected chi connectivity index (χ0v) is 10.4. The van der Waals surface area contributed by atoms with Gasteiger partial charge in [0, 0.05) is 11.1 Å². The van der Waals surface area contributed by atoms with Gasteiger partial charge in [-0.25, -0.2) is 4.79 Å². The lowest BCUT2D eigenvalue weighted by molar-refractivity contribution is -0.137. The van der Waals surface area contributed by atoms with Gasteiger partial charge in [0.15, 0.2) is 0 Å². The lowest BCUT2D eigenvalue weighted by atomic mass is 10.2. The minimum absolute atomic E-state index is 0.885. The molecule has 0 bridgehead atoms. The zero-order chi connectivity index (χ0) is 10.6. The summed E-state index contributed by atoms with van der Waals surface area (Å²) in [5, 5.41) is 11.7. The van der Waals surface area contributed by atoms with Gasteiger partial charge >= 0.3 is 5.97 Å². The Balaban J connectivity index is 2.36. The van der Waals surface area contributed by atoms with E-state index in [1.54, 1.807) is 6.20 Å². The van der Waals surface area contributed by atoms with Gasteiger partial charge in [0.05, 0.1) is 0 Å². The summed E-state index contributed by atoms with van der Waals surface area (Å²) in [6.07, 6.45) is 6.26. The highest BCUT2D eigenvalue weighted by Gasteiger charge is 2.40. The van der Waals surface area contributed by atoms with Gasteiger partial charge in [0.25, 0.3) is 0 Å². The van der Waals surface area contributed by atoms with E-state index >= 15 is 0 Å². The molecule has 1 heterocycles. The van der Waals surface area contributed by atoms with Crippen molar-refractivity contribution in [1.29, 1.82) is 0 Å². The van der Waals surface area contributed by atoms with Crippen molar-refractivity contribution in [3.05, 3.63) is 11.1 Å². The fraction of sp³-hybridized carbons (Fsp3) is 0.667. The summed E-state index contributed by atoms with van der Waals surface area (Å²) in [7, 11) is 0. The van der Waals surface area contributed by atoms with Crippen LogP contribution in [-0.4, -0.2) is 14.9 Å². The Kier molecular flexibility index (Phi) is 4.31. The molecule has 3 nitrogen and oxygen atoms in total. The molecule has 0 aromatic rings. The molecule has 1 aliphatic rings. The lowest BCUT2D eigenvalue weighted by Gasteiger charge is -2.15. The van der Waals surface area contributed by atoms with E-state index in [4.69, 9.17) is 5.11 Å². The van der Waals surface area contributed by atoms with E-state index in [0.717, 1.165) is 17.7 Å². The summed E-state index contributed by atoms with van der Waals surface area (Å²) in [5.74, 6) is -0.885. The summed E-state index contributed by atoms with van der Waals surface area (Å²) in [4.78, 5) is 11.9. The van der Waals surface area contributed by atoms with Crippen molar-refractivity contribution in [3.8, 4) is 0 Å². The molecule has 1 aliphatic heterocycles. The Morgan fingerprint density at radius 3 is 2.93 bits per heavy atom. The molecular formula is C9H14BrNO2S. The first-order chi connectivity index (χ1) is 6.58. The van der Waals surface area contributed by atoms with Crippen LogP contribution < -0.4 is 5.32 Å². The molecule has 2 N–H and O–H groups in total. The normalized spacial score (nSPS) is 25.7. The van der Waals surface area contributed by atoms with Crippen molar-refractivity contribution in [2.45, 2.75) is 36.4 Å². The van der Waals surface area contributed by atoms with Gasteiger partial charge in [0.1, 0.15) is 0 Å². The number of unbranched alkanes of at least 4 members (excludes halogenated alkanes) is 2. The summed E-state index contributed by atoms with van der Waals surface area (Å²) < 4.78 is -1.03. The van der Waals surface area contributed by atoms with Crippen LogP contribution in [0.25, 0.3) is 0 Å². The predicted octanol–water partition coefficient (Wildman–Crippen LogP) is 2.88. The molecule has 0 saturated carbocycles. The average molecular weight is 280 g/mol. The lowest BCUT2D eigenvalue weighted by Crippen LogP contribution is -2.37. The number of hydrogen-bond acceptors (Lipinski definition) is 3. The molecule has 1 atom stereocenters. The fourth-order valence-electron chi connectivity index (χ4n) is 1.19. The number of nitrogens with one attached hydrogen (secondary N) is 1. The molecule has 1 unspecified atom stereocenters. The third-order valence-electron chi connectivity index (χ3n) is 1.99. The highest BCUT2D eigenvalue weighted by molar-refractivity contribution is 9.12. The predicted molar refractivity (Wildman–Crippen MR) is 62.2 cm³/mol. The van der Waals surface area contributed by atoms with Crippen molar-refractivity contribution in [2.24, 2.45) is 0 Å². The van der Waals surface area contributed by atoms with Gasteiger partial charge in [-0.15, -0.1) is 0 Å². The molecule has 0 fully saturated rings. The highest BCUT2D eigenvalue weighted by Crippen LogP contribution is 2.42. The van der Waals surface area contributed by atoms with Crippen LogP contribution >= 0.6 is 27.7 Å². The molecular weight excluding hydrogens is 266 g/mol. The maximum absolute atomic E-state index is 10.8. The molecule has 80 valence electrons. The van der Waals surface area contributed by atoms with Crippen LogP contribution in [0.4, 0.5) is 0 Å². The molecule has 0 aromatic heterocycles. The summed E-state index contributed by atoms with van der Waals surface area (Å²) in [5.41, 5.74) is 0. The van der Waals surface area contributed by atoms with E-state index in [2.05, 4.69) is 28.2 Å². The number of aliphatic carboxylic acids is 1. The minimum Gasteiger partial charge on any atom is -0.478 e. The number of thioether (sulfide) groups is 1. The summed E-state index contributed by atoms with van der Waals surface area (Å²) in [6, 6.07) is 0. The number of hydrogen-bond donors (Lipinski definition) is 2. The van der Waals surface area contributed by atoms with Gasteiger partial charge in [-0.2, -0.15) is 0 Å². The Bertz CT molecular complexity index is 257. The standard InChI is InChI=1S/C9H14BrNO2S/c1-2-3-4-5-7-6-11-9(10,14-7)8(12)13/h6,11H,2-5H2,1H3,(H,12,13). The van der Waals surface area contributed by atoms with Crippen molar-refractivity contribution >= 4 is 33.7 Å². The third-order valence-corrected chi connectivity index (χ3v) is 4.20. The maximum Gasteiger partial charge on any atom is 0.351 e. The second-order valence-corrected chi connectivity index (χ2v) is 6.27. The van der Waals surface area contributed by atoms with Gasteiger partial charge in [-0.05, 0) is 28.8 Å². The summed E-state index contributed by atoms with van der Waals surface area (Å²) >= 11 is 4.50. The van der Waals surface area contributed by atoms with Crippen LogP contribution in [0.15, 0.2) is 11.1 Å². The Hall–Kier alpha value is -0.160. The molecule has 5 heteroatoms. The van der Waals surface area contributed by atoms with E-state index in [1.807, 2.05) is 0 Å². The number of carboxylic acids is 1. The monoisotopic (exact) mass is 279 g/mol. The first-order valence-corrected chi connectivity index (χ1v) is 6.27. The second-order valence-electron chi connectivity index (χ2n) is 3.21. The first kappa shape index (κ1) is 11.9. The molecule has 1 rings (SSSR count). The molecule has 0 radical (unpaired) electrons.